The van der Waals surface area contributed by atoms with E-state index in [1.165, 1.54) is 0 Å². The van der Waals surface area contributed by atoms with E-state index in [9.17, 15) is 40.2 Å². The smallest absolute Gasteiger partial charge is 0.202 e. The Morgan fingerprint density at radius 3 is 1.97 bits per heavy atom. The van der Waals surface area contributed by atoms with Crippen LogP contribution >= 0.6 is 0 Å². The highest BCUT2D eigenvalue weighted by Gasteiger charge is 2.43. The van der Waals surface area contributed by atoms with Crippen LogP contribution in [0.1, 0.15) is 44.2 Å². The fourth-order valence-corrected chi connectivity index (χ4v) is 3.70. The average Bonchev–Trinajstić information content (AvgIpc) is 2.68. The van der Waals surface area contributed by atoms with Gasteiger partial charge in [0.25, 0.3) is 0 Å². The van der Waals surface area contributed by atoms with Gasteiger partial charge < -0.3 is 30.6 Å². The molecule has 0 aliphatic heterocycles. The second kappa shape index (κ2) is 7.62. The monoisotopic (exact) mass is 414 g/mol. The highest BCUT2D eigenvalue weighted by atomic mass is 16.3. The van der Waals surface area contributed by atoms with Crippen molar-refractivity contribution in [3.05, 3.63) is 57.3 Å². The number of phenols is 3. The van der Waals surface area contributed by atoms with Gasteiger partial charge in [-0.25, -0.2) is 0 Å². The minimum absolute atomic E-state index is 0.00686. The van der Waals surface area contributed by atoms with E-state index in [-0.39, 0.29) is 40.9 Å². The molecule has 3 rings (SSSR count). The summed E-state index contributed by atoms with van der Waals surface area (Å²) >= 11 is 0. The lowest BCUT2D eigenvalue weighted by Crippen LogP contribution is -2.26. The Morgan fingerprint density at radius 1 is 0.767 bits per heavy atom. The third-order valence-corrected chi connectivity index (χ3v) is 5.13. The first-order valence-electron chi connectivity index (χ1n) is 9.53. The van der Waals surface area contributed by atoms with Crippen LogP contribution in [0.3, 0.4) is 0 Å². The number of aliphatic hydroxyl groups is 3. The van der Waals surface area contributed by atoms with Gasteiger partial charge in [-0.2, -0.15) is 0 Å². The maximum atomic E-state index is 12.9. The molecule has 8 nitrogen and oxygen atoms in total. The van der Waals surface area contributed by atoms with Crippen LogP contribution in [0, 0.1) is 0 Å². The Hall–Kier alpha value is -3.68. The van der Waals surface area contributed by atoms with E-state index in [0.29, 0.717) is 12.8 Å². The lowest BCUT2D eigenvalue weighted by Gasteiger charge is -2.27. The van der Waals surface area contributed by atoms with Crippen LogP contribution in [-0.4, -0.2) is 42.2 Å². The fraction of sp³-hybridized carbons (Fsp3) is 0.273. The predicted octanol–water partition coefficient (Wildman–Crippen LogP) is 3.54. The van der Waals surface area contributed by atoms with Crippen molar-refractivity contribution < 1.29 is 40.2 Å². The molecule has 6 N–H and O–H groups in total. The third kappa shape index (κ3) is 3.01. The maximum absolute atomic E-state index is 12.9. The summed E-state index contributed by atoms with van der Waals surface area (Å²) in [5, 5.41) is 61.8. The summed E-state index contributed by atoms with van der Waals surface area (Å²) in [6.45, 7) is 3.59. The number of Topliss-reactive ketones (excluding diaryl/α,β-unsaturated/α-hetero) is 1. The zero-order valence-electron chi connectivity index (χ0n) is 16.5. The van der Waals surface area contributed by atoms with Crippen LogP contribution in [0.2, 0.25) is 0 Å². The molecule has 0 unspecified atom stereocenters. The predicted molar refractivity (Wildman–Crippen MR) is 107 cm³/mol. The summed E-state index contributed by atoms with van der Waals surface area (Å²) < 4.78 is 0. The van der Waals surface area contributed by atoms with Gasteiger partial charge in [-0.1, -0.05) is 26.7 Å². The number of benzene rings is 1. The van der Waals surface area contributed by atoms with E-state index >= 15 is 0 Å². The maximum Gasteiger partial charge on any atom is 0.202 e. The first kappa shape index (κ1) is 21.0. The summed E-state index contributed by atoms with van der Waals surface area (Å²) in [5.41, 5.74) is -1.46. The van der Waals surface area contributed by atoms with Crippen LogP contribution in [-0.2, 0) is 16.0 Å². The number of rotatable bonds is 5. The zero-order chi connectivity index (χ0) is 22.3. The molecule has 2 aliphatic rings. The van der Waals surface area contributed by atoms with Crippen LogP contribution in [0.15, 0.2) is 46.1 Å². The van der Waals surface area contributed by atoms with Gasteiger partial charge in [0.05, 0.1) is 22.3 Å². The molecule has 1 aromatic carbocycles. The Labute approximate surface area is 172 Å². The summed E-state index contributed by atoms with van der Waals surface area (Å²) in [6, 6.07) is 0.964. The van der Waals surface area contributed by atoms with Gasteiger partial charge in [-0.05, 0) is 12.8 Å². The molecule has 0 amide bonds. The number of hydrogen-bond acceptors (Lipinski definition) is 8. The normalized spacial score (nSPS) is 19.3. The van der Waals surface area contributed by atoms with Gasteiger partial charge in [0.2, 0.25) is 5.78 Å². The molecule has 0 aromatic heterocycles. The Morgan fingerprint density at radius 2 is 1.40 bits per heavy atom. The van der Waals surface area contributed by atoms with E-state index in [0.717, 1.165) is 12.1 Å². The van der Waals surface area contributed by atoms with Gasteiger partial charge in [0.15, 0.2) is 5.78 Å². The van der Waals surface area contributed by atoms with Crippen LogP contribution in [0.5, 0.6) is 17.2 Å². The van der Waals surface area contributed by atoms with Crippen LogP contribution in [0.4, 0.5) is 0 Å². The molecule has 0 saturated carbocycles. The molecule has 0 atom stereocenters. The number of ketones is 2. The van der Waals surface area contributed by atoms with E-state index in [2.05, 4.69) is 0 Å². The number of hydrogen-bond donors (Lipinski definition) is 6. The second-order valence-corrected chi connectivity index (χ2v) is 7.14. The van der Waals surface area contributed by atoms with Crippen molar-refractivity contribution in [1.29, 1.82) is 0 Å². The summed E-state index contributed by atoms with van der Waals surface area (Å²) in [5.74, 6) is -4.88. The highest BCUT2D eigenvalue weighted by molar-refractivity contribution is 6.40. The lowest BCUT2D eigenvalue weighted by molar-refractivity contribution is -0.113. The third-order valence-electron chi connectivity index (χ3n) is 5.13. The van der Waals surface area contributed by atoms with E-state index in [4.69, 9.17) is 0 Å². The van der Waals surface area contributed by atoms with Crippen LogP contribution in [0.25, 0.3) is 5.57 Å². The number of phenolic OH excluding ortho intramolecular Hbond substituents is 3. The molecule has 8 heteroatoms. The van der Waals surface area contributed by atoms with E-state index in [1.54, 1.807) is 6.92 Å². The van der Waals surface area contributed by atoms with Gasteiger partial charge in [-0.3, -0.25) is 9.59 Å². The first-order chi connectivity index (χ1) is 14.1. The van der Waals surface area contributed by atoms with Gasteiger partial charge >= 0.3 is 0 Å². The minimum Gasteiger partial charge on any atom is -0.507 e. The SMILES string of the molecule is CCCC1=C(O)/C(=C2\C(=O)C(c3c(O)cc(O)c(CCC)c3O)=C2O)C(O)=CC1=O. The minimum atomic E-state index is -0.849. The largest absolute Gasteiger partial charge is 0.507 e. The van der Waals surface area contributed by atoms with Crippen molar-refractivity contribution in [1.82, 2.24) is 0 Å². The number of carbonyl (C=O) groups is 2. The second-order valence-electron chi connectivity index (χ2n) is 7.14. The summed E-state index contributed by atoms with van der Waals surface area (Å²) in [7, 11) is 0. The summed E-state index contributed by atoms with van der Waals surface area (Å²) in [6.07, 6.45) is 2.41. The van der Waals surface area contributed by atoms with Crippen molar-refractivity contribution in [3.8, 4) is 17.2 Å². The molecular formula is C22H22O8. The lowest BCUT2D eigenvalue weighted by atomic mass is 9.77. The topological polar surface area (TPSA) is 156 Å². The number of aromatic hydroxyl groups is 3. The van der Waals surface area contributed by atoms with Crippen molar-refractivity contribution in [2.75, 3.05) is 0 Å². The van der Waals surface area contributed by atoms with Gasteiger partial charge in [-0.15, -0.1) is 0 Å². The molecule has 0 bridgehead atoms. The summed E-state index contributed by atoms with van der Waals surface area (Å²) in [4.78, 5) is 24.9. The van der Waals surface area contributed by atoms with Gasteiger partial charge in [0.1, 0.15) is 34.5 Å². The Kier molecular flexibility index (Phi) is 5.35. The molecule has 2 aliphatic carbocycles. The molecule has 0 radical (unpaired) electrons. The van der Waals surface area contributed by atoms with Crippen molar-refractivity contribution >= 4 is 17.1 Å². The molecule has 0 saturated heterocycles. The quantitative estimate of drug-likeness (QED) is 0.400. The average molecular weight is 414 g/mol. The van der Waals surface area contributed by atoms with Crippen LogP contribution < -0.4 is 0 Å². The van der Waals surface area contributed by atoms with Gasteiger partial charge in [0, 0.05) is 23.3 Å². The molecule has 30 heavy (non-hydrogen) atoms. The Bertz CT molecular complexity index is 1100. The van der Waals surface area contributed by atoms with Crippen molar-refractivity contribution in [3.63, 3.8) is 0 Å². The molecular weight excluding hydrogens is 392 g/mol. The van der Waals surface area contributed by atoms with E-state index < -0.39 is 51.5 Å². The molecule has 1 aromatic rings. The fourth-order valence-electron chi connectivity index (χ4n) is 3.70. The number of aliphatic hydroxyl groups excluding tert-OH is 3. The standard InChI is InChI=1S/C22H22O8/c1-3-5-9-11(23)7-13(25)15(19(9)27)17-21(29)18(22(17)30)16-14(26)8-12(24)10(6-4-2)20(16)28/h7-8,23,25-29H,3-6H2,1-2H3/b18-16-. The molecule has 158 valence electrons. The first-order valence-corrected chi connectivity index (χ1v) is 9.53. The number of carbonyl (C=O) groups excluding carboxylic acids is 2. The van der Waals surface area contributed by atoms with E-state index in [1.807, 2.05) is 6.92 Å². The molecule has 0 spiro atoms. The molecule has 0 fully saturated rings. The van der Waals surface area contributed by atoms with Crippen molar-refractivity contribution in [2.45, 2.75) is 39.5 Å². The number of allylic oxidation sites excluding steroid dienone is 4. The highest BCUT2D eigenvalue weighted by Crippen LogP contribution is 2.49. The Balaban J connectivity index is 2.23. The molecule has 0 heterocycles. The van der Waals surface area contributed by atoms with Crippen molar-refractivity contribution in [2.24, 2.45) is 0 Å². The zero-order valence-corrected chi connectivity index (χ0v) is 16.5.